The number of carbonyl (C=O) groups is 2. The van der Waals surface area contributed by atoms with Gasteiger partial charge in [-0.25, -0.2) is 4.79 Å². The monoisotopic (exact) mass is 227 g/mol. The fraction of sp³-hybridized carbons (Fsp3) is 0.818. The number of nitrogens with two attached hydrogens (primary N) is 1. The minimum atomic E-state index is -0.798. The number of hydrogen-bond donors (Lipinski definition) is 3. The molecule has 0 aromatic carbocycles. The lowest BCUT2D eigenvalue weighted by molar-refractivity contribution is -0.121. The molecule has 5 nitrogen and oxygen atoms in total. The van der Waals surface area contributed by atoms with E-state index in [1.54, 1.807) is 6.92 Å². The molecule has 1 saturated carbocycles. The third-order valence-electron chi connectivity index (χ3n) is 3.37. The highest BCUT2D eigenvalue weighted by atomic mass is 16.2. The topological polar surface area (TPSA) is 84.2 Å². The molecule has 92 valence electrons. The van der Waals surface area contributed by atoms with Gasteiger partial charge in [0.15, 0.2) is 0 Å². The average Bonchev–Trinajstić information content (AvgIpc) is 2.59. The molecular weight excluding hydrogens is 206 g/mol. The van der Waals surface area contributed by atoms with Crippen molar-refractivity contribution in [2.75, 3.05) is 6.54 Å². The minimum absolute atomic E-state index is 0.363. The van der Waals surface area contributed by atoms with Crippen molar-refractivity contribution in [3.8, 4) is 0 Å². The lowest BCUT2D eigenvalue weighted by Crippen LogP contribution is -2.47. The van der Waals surface area contributed by atoms with Crippen molar-refractivity contribution in [3.05, 3.63) is 0 Å². The number of rotatable bonds is 4. The van der Waals surface area contributed by atoms with Crippen molar-refractivity contribution in [2.24, 2.45) is 17.6 Å². The summed E-state index contributed by atoms with van der Waals surface area (Å²) >= 11 is 0. The number of hydrogen-bond acceptors (Lipinski definition) is 3. The summed E-state index contributed by atoms with van der Waals surface area (Å²) in [6.45, 7) is 4.81. The SMILES string of the molecule is CC(NCC1CCCC1C)C(=O)NC(N)=O. The van der Waals surface area contributed by atoms with E-state index in [-0.39, 0.29) is 11.9 Å². The van der Waals surface area contributed by atoms with Crippen LogP contribution in [0, 0.1) is 11.8 Å². The van der Waals surface area contributed by atoms with Gasteiger partial charge in [0.05, 0.1) is 6.04 Å². The van der Waals surface area contributed by atoms with E-state index in [1.165, 1.54) is 19.3 Å². The third-order valence-corrected chi connectivity index (χ3v) is 3.37. The second-order valence-electron chi connectivity index (χ2n) is 4.65. The maximum atomic E-state index is 11.4. The number of amides is 3. The summed E-state index contributed by atoms with van der Waals surface area (Å²) in [5.41, 5.74) is 4.87. The molecule has 0 saturated heterocycles. The van der Waals surface area contributed by atoms with Gasteiger partial charge < -0.3 is 11.1 Å². The Morgan fingerprint density at radius 3 is 2.62 bits per heavy atom. The van der Waals surface area contributed by atoms with Crippen LogP contribution in [0.3, 0.4) is 0 Å². The van der Waals surface area contributed by atoms with Gasteiger partial charge in [-0.1, -0.05) is 19.8 Å². The first-order valence-electron chi connectivity index (χ1n) is 5.84. The molecule has 1 fully saturated rings. The molecule has 5 heteroatoms. The van der Waals surface area contributed by atoms with Crippen molar-refractivity contribution in [1.29, 1.82) is 0 Å². The second-order valence-corrected chi connectivity index (χ2v) is 4.65. The Kier molecular flexibility index (Phi) is 4.73. The van der Waals surface area contributed by atoms with Crippen LogP contribution in [0.1, 0.15) is 33.1 Å². The van der Waals surface area contributed by atoms with Crippen LogP contribution in [0.5, 0.6) is 0 Å². The number of urea groups is 1. The molecule has 1 aliphatic rings. The Morgan fingerprint density at radius 2 is 2.12 bits per heavy atom. The maximum Gasteiger partial charge on any atom is 0.318 e. The third kappa shape index (κ3) is 3.81. The van der Waals surface area contributed by atoms with E-state index in [2.05, 4.69) is 17.6 Å². The van der Waals surface area contributed by atoms with Crippen LogP contribution in [0.2, 0.25) is 0 Å². The zero-order chi connectivity index (χ0) is 12.1. The Labute approximate surface area is 96.1 Å². The normalized spacial score (nSPS) is 26.4. The summed E-state index contributed by atoms with van der Waals surface area (Å²) < 4.78 is 0. The summed E-state index contributed by atoms with van der Waals surface area (Å²) in [6.07, 6.45) is 3.77. The first-order chi connectivity index (χ1) is 7.50. The largest absolute Gasteiger partial charge is 0.351 e. The summed E-state index contributed by atoms with van der Waals surface area (Å²) in [7, 11) is 0. The molecule has 0 spiro atoms. The second kappa shape index (κ2) is 5.84. The summed E-state index contributed by atoms with van der Waals surface area (Å²) in [5, 5.41) is 5.21. The standard InChI is InChI=1S/C11H21N3O2/c1-7-4-3-5-9(7)6-13-8(2)10(15)14-11(12)16/h7-9,13H,3-6H2,1-2H3,(H3,12,14,15,16). The Hall–Kier alpha value is -1.10. The van der Waals surface area contributed by atoms with Gasteiger partial charge in [0, 0.05) is 0 Å². The van der Waals surface area contributed by atoms with E-state index in [0.29, 0.717) is 5.92 Å². The zero-order valence-electron chi connectivity index (χ0n) is 9.95. The van der Waals surface area contributed by atoms with E-state index in [4.69, 9.17) is 5.73 Å². The summed E-state index contributed by atoms with van der Waals surface area (Å²) in [6, 6.07) is -1.17. The Morgan fingerprint density at radius 1 is 1.44 bits per heavy atom. The molecule has 0 radical (unpaired) electrons. The average molecular weight is 227 g/mol. The summed E-state index contributed by atoms with van der Waals surface area (Å²) in [4.78, 5) is 21.9. The fourth-order valence-corrected chi connectivity index (χ4v) is 2.18. The molecular formula is C11H21N3O2. The van der Waals surface area contributed by atoms with Crippen LogP contribution < -0.4 is 16.4 Å². The molecule has 4 N–H and O–H groups in total. The number of imide groups is 1. The smallest absolute Gasteiger partial charge is 0.318 e. The van der Waals surface area contributed by atoms with Crippen molar-refractivity contribution in [1.82, 2.24) is 10.6 Å². The van der Waals surface area contributed by atoms with Gasteiger partial charge in [-0.3, -0.25) is 10.1 Å². The first-order valence-corrected chi connectivity index (χ1v) is 5.84. The minimum Gasteiger partial charge on any atom is -0.351 e. The predicted octanol–water partition coefficient (Wildman–Crippen LogP) is 0.596. The van der Waals surface area contributed by atoms with Crippen molar-refractivity contribution in [2.45, 2.75) is 39.2 Å². The fourth-order valence-electron chi connectivity index (χ4n) is 2.18. The molecule has 16 heavy (non-hydrogen) atoms. The van der Waals surface area contributed by atoms with E-state index >= 15 is 0 Å². The Bertz CT molecular complexity index is 268. The maximum absolute atomic E-state index is 11.4. The quantitative estimate of drug-likeness (QED) is 0.657. The first kappa shape index (κ1) is 13.0. The van der Waals surface area contributed by atoms with Gasteiger partial charge in [0.2, 0.25) is 5.91 Å². The molecule has 0 aliphatic heterocycles. The van der Waals surface area contributed by atoms with E-state index in [0.717, 1.165) is 12.5 Å². The lowest BCUT2D eigenvalue weighted by Gasteiger charge is -2.19. The van der Waals surface area contributed by atoms with Gasteiger partial charge in [0.1, 0.15) is 0 Å². The molecule has 0 aromatic rings. The highest BCUT2D eigenvalue weighted by Crippen LogP contribution is 2.30. The van der Waals surface area contributed by atoms with E-state index in [1.807, 2.05) is 0 Å². The number of nitrogens with one attached hydrogen (secondary N) is 2. The van der Waals surface area contributed by atoms with Crippen LogP contribution in [-0.2, 0) is 4.79 Å². The number of carbonyl (C=O) groups excluding carboxylic acids is 2. The van der Waals surface area contributed by atoms with Gasteiger partial charge in [-0.2, -0.15) is 0 Å². The van der Waals surface area contributed by atoms with Crippen molar-refractivity contribution >= 4 is 11.9 Å². The van der Waals surface area contributed by atoms with Crippen LogP contribution in [0.25, 0.3) is 0 Å². The zero-order valence-corrected chi connectivity index (χ0v) is 9.95. The van der Waals surface area contributed by atoms with Gasteiger partial charge in [-0.15, -0.1) is 0 Å². The highest BCUT2D eigenvalue weighted by Gasteiger charge is 2.24. The molecule has 3 unspecified atom stereocenters. The van der Waals surface area contributed by atoms with Crippen LogP contribution in [-0.4, -0.2) is 24.5 Å². The van der Waals surface area contributed by atoms with Gasteiger partial charge >= 0.3 is 6.03 Å². The highest BCUT2D eigenvalue weighted by molar-refractivity contribution is 5.96. The number of primary amides is 1. The Balaban J connectivity index is 2.26. The van der Waals surface area contributed by atoms with Crippen molar-refractivity contribution in [3.63, 3.8) is 0 Å². The predicted molar refractivity (Wildman–Crippen MR) is 61.7 cm³/mol. The summed E-state index contributed by atoms with van der Waals surface area (Å²) in [5.74, 6) is 1.00. The lowest BCUT2D eigenvalue weighted by atomic mass is 9.98. The molecule has 0 aromatic heterocycles. The van der Waals surface area contributed by atoms with E-state index < -0.39 is 6.03 Å². The molecule has 3 amide bonds. The van der Waals surface area contributed by atoms with Crippen molar-refractivity contribution < 1.29 is 9.59 Å². The van der Waals surface area contributed by atoms with Gasteiger partial charge in [0.25, 0.3) is 0 Å². The van der Waals surface area contributed by atoms with Gasteiger partial charge in [-0.05, 0) is 31.7 Å². The van der Waals surface area contributed by atoms with Crippen LogP contribution in [0.4, 0.5) is 4.79 Å². The van der Waals surface area contributed by atoms with Crippen LogP contribution in [0.15, 0.2) is 0 Å². The molecule has 3 atom stereocenters. The van der Waals surface area contributed by atoms with E-state index in [9.17, 15) is 9.59 Å². The molecule has 0 heterocycles. The molecule has 1 aliphatic carbocycles. The molecule has 0 bridgehead atoms. The molecule has 1 rings (SSSR count). The van der Waals surface area contributed by atoms with Crippen LogP contribution >= 0.6 is 0 Å².